The molecule has 0 saturated heterocycles. The number of benzene rings is 1. The van der Waals surface area contributed by atoms with Gasteiger partial charge in [0.1, 0.15) is 4.90 Å². The lowest BCUT2D eigenvalue weighted by Crippen LogP contribution is -2.25. The van der Waals surface area contributed by atoms with Gasteiger partial charge in [0, 0.05) is 24.1 Å². The largest absolute Gasteiger partial charge is 0.550 e. The number of hydrogen-bond acceptors (Lipinski definition) is 5. The van der Waals surface area contributed by atoms with E-state index in [0.29, 0.717) is 24.8 Å². The molecule has 7 heteroatoms. The van der Waals surface area contributed by atoms with Crippen molar-refractivity contribution in [3.63, 3.8) is 0 Å². The number of carboxylic acids is 1. The fourth-order valence-corrected chi connectivity index (χ4v) is 3.40. The third kappa shape index (κ3) is 4.25. The van der Waals surface area contributed by atoms with Gasteiger partial charge in [-0.05, 0) is 31.4 Å². The maximum absolute atomic E-state index is 12.3. The fraction of sp³-hybridized carbons (Fsp3) is 0.333. The van der Waals surface area contributed by atoms with Gasteiger partial charge in [0.25, 0.3) is 0 Å². The summed E-state index contributed by atoms with van der Waals surface area (Å²) in [5.41, 5.74) is 0.439. The maximum Gasteiger partial charge on any atom is 0.242 e. The van der Waals surface area contributed by atoms with Gasteiger partial charge in [-0.2, -0.15) is 0 Å². The van der Waals surface area contributed by atoms with Gasteiger partial charge in [0.05, 0.1) is 5.52 Å². The standard InChI is InChI=1S/C15H18N2O4S/c18-14(19)9-2-1-3-11-17-22(20,21)13-8-4-6-12-7-5-10-16-15(12)13/h4-8,10,17H,1-3,9,11H2,(H,18,19)/p-1. The van der Waals surface area contributed by atoms with Crippen LogP contribution in [0, 0.1) is 0 Å². The molecule has 1 aromatic heterocycles. The zero-order valence-electron chi connectivity index (χ0n) is 12.0. The van der Waals surface area contributed by atoms with E-state index in [9.17, 15) is 18.3 Å². The highest BCUT2D eigenvalue weighted by molar-refractivity contribution is 7.89. The number of sulfonamides is 1. The third-order valence-corrected chi connectivity index (χ3v) is 4.73. The zero-order valence-corrected chi connectivity index (χ0v) is 12.8. The second kappa shape index (κ2) is 7.33. The first-order valence-corrected chi connectivity index (χ1v) is 8.52. The number of nitrogens with zero attached hydrogens (tertiary/aromatic N) is 1. The Morgan fingerprint density at radius 1 is 1.14 bits per heavy atom. The lowest BCUT2D eigenvalue weighted by molar-refractivity contribution is -0.305. The second-order valence-corrected chi connectivity index (χ2v) is 6.65. The average Bonchev–Trinajstić information content (AvgIpc) is 2.50. The Hall–Kier alpha value is -1.99. The van der Waals surface area contributed by atoms with Crippen LogP contribution in [0.25, 0.3) is 10.9 Å². The van der Waals surface area contributed by atoms with Crippen molar-refractivity contribution < 1.29 is 18.3 Å². The minimum atomic E-state index is -3.63. The predicted molar refractivity (Wildman–Crippen MR) is 80.4 cm³/mol. The van der Waals surface area contributed by atoms with Crippen LogP contribution in [-0.2, 0) is 14.8 Å². The summed E-state index contributed by atoms with van der Waals surface area (Å²) in [6, 6.07) is 8.57. The summed E-state index contributed by atoms with van der Waals surface area (Å²) in [5.74, 6) is -1.08. The molecule has 118 valence electrons. The van der Waals surface area contributed by atoms with Crippen LogP contribution >= 0.6 is 0 Å². The Kier molecular flexibility index (Phi) is 5.46. The molecule has 1 aromatic carbocycles. The molecule has 2 aromatic rings. The predicted octanol–water partition coefficient (Wildman–Crippen LogP) is 0.823. The van der Waals surface area contributed by atoms with Gasteiger partial charge in [-0.15, -0.1) is 0 Å². The Morgan fingerprint density at radius 2 is 1.91 bits per heavy atom. The van der Waals surface area contributed by atoms with E-state index in [2.05, 4.69) is 9.71 Å². The Morgan fingerprint density at radius 3 is 2.68 bits per heavy atom. The van der Waals surface area contributed by atoms with Crippen LogP contribution in [0.15, 0.2) is 41.4 Å². The fourth-order valence-electron chi connectivity index (χ4n) is 2.15. The van der Waals surface area contributed by atoms with E-state index in [1.165, 1.54) is 6.07 Å². The first-order chi connectivity index (χ1) is 10.5. The number of aromatic nitrogens is 1. The summed E-state index contributed by atoms with van der Waals surface area (Å²) >= 11 is 0. The highest BCUT2D eigenvalue weighted by Gasteiger charge is 2.17. The normalized spacial score (nSPS) is 11.6. The van der Waals surface area contributed by atoms with Crippen LogP contribution in [0.2, 0.25) is 0 Å². The molecule has 0 amide bonds. The molecule has 6 nitrogen and oxygen atoms in total. The van der Waals surface area contributed by atoms with E-state index < -0.39 is 16.0 Å². The quantitative estimate of drug-likeness (QED) is 0.726. The number of hydrogen-bond donors (Lipinski definition) is 1. The van der Waals surface area contributed by atoms with Gasteiger partial charge in [-0.1, -0.05) is 24.6 Å². The number of para-hydroxylation sites is 1. The van der Waals surface area contributed by atoms with Crippen molar-refractivity contribution >= 4 is 26.9 Å². The molecule has 0 aliphatic heterocycles. The van der Waals surface area contributed by atoms with Crippen LogP contribution in [0.4, 0.5) is 0 Å². The number of nitrogens with one attached hydrogen (secondary N) is 1. The average molecular weight is 321 g/mol. The monoisotopic (exact) mass is 321 g/mol. The van der Waals surface area contributed by atoms with Crippen molar-refractivity contribution in [2.75, 3.05) is 6.54 Å². The second-order valence-electron chi connectivity index (χ2n) is 4.91. The van der Waals surface area contributed by atoms with Crippen molar-refractivity contribution in [1.29, 1.82) is 0 Å². The molecule has 0 radical (unpaired) electrons. The molecular weight excluding hydrogens is 304 g/mol. The number of carbonyl (C=O) groups excluding carboxylic acids is 1. The molecule has 0 fully saturated rings. The van der Waals surface area contributed by atoms with Crippen LogP contribution < -0.4 is 9.83 Å². The summed E-state index contributed by atoms with van der Waals surface area (Å²) < 4.78 is 27.2. The summed E-state index contributed by atoms with van der Waals surface area (Å²) in [7, 11) is -3.63. The van der Waals surface area contributed by atoms with Gasteiger partial charge in [0.15, 0.2) is 0 Å². The first kappa shape index (κ1) is 16.4. The van der Waals surface area contributed by atoms with Gasteiger partial charge < -0.3 is 9.90 Å². The van der Waals surface area contributed by atoms with E-state index in [-0.39, 0.29) is 17.9 Å². The van der Waals surface area contributed by atoms with Gasteiger partial charge >= 0.3 is 0 Å². The molecular formula is C15H17N2O4S-. The van der Waals surface area contributed by atoms with Crippen molar-refractivity contribution in [2.24, 2.45) is 0 Å². The van der Waals surface area contributed by atoms with Gasteiger partial charge in [-0.3, -0.25) is 4.98 Å². The summed E-state index contributed by atoms with van der Waals surface area (Å²) in [5, 5.41) is 11.0. The molecule has 1 heterocycles. The van der Waals surface area contributed by atoms with E-state index in [1.54, 1.807) is 30.5 Å². The summed E-state index contributed by atoms with van der Waals surface area (Å²) in [4.78, 5) is 14.6. The van der Waals surface area contributed by atoms with Crippen molar-refractivity contribution in [3.8, 4) is 0 Å². The summed E-state index contributed by atoms with van der Waals surface area (Å²) in [6.45, 7) is 0.263. The first-order valence-electron chi connectivity index (χ1n) is 7.04. The smallest absolute Gasteiger partial charge is 0.242 e. The van der Waals surface area contributed by atoms with Crippen molar-refractivity contribution in [3.05, 3.63) is 36.5 Å². The molecule has 22 heavy (non-hydrogen) atoms. The zero-order chi connectivity index (χ0) is 16.0. The van der Waals surface area contributed by atoms with Crippen molar-refractivity contribution in [1.82, 2.24) is 9.71 Å². The van der Waals surface area contributed by atoms with E-state index in [4.69, 9.17) is 0 Å². The van der Waals surface area contributed by atoms with Crippen LogP contribution in [0.5, 0.6) is 0 Å². The number of unbranched alkanes of at least 4 members (excludes halogenated alkanes) is 2. The lowest BCUT2D eigenvalue weighted by Gasteiger charge is -2.09. The maximum atomic E-state index is 12.3. The number of rotatable bonds is 8. The highest BCUT2D eigenvalue weighted by Crippen LogP contribution is 2.20. The molecule has 0 spiro atoms. The lowest BCUT2D eigenvalue weighted by atomic mass is 10.2. The number of carboxylic acid groups (broad SMARTS) is 1. The number of carbonyl (C=O) groups is 1. The Balaban J connectivity index is 1.99. The van der Waals surface area contributed by atoms with Gasteiger partial charge in [0.2, 0.25) is 10.0 Å². The van der Waals surface area contributed by atoms with Crippen LogP contribution in [0.3, 0.4) is 0 Å². The molecule has 1 N–H and O–H groups in total. The van der Waals surface area contributed by atoms with E-state index >= 15 is 0 Å². The van der Waals surface area contributed by atoms with E-state index in [1.807, 2.05) is 0 Å². The van der Waals surface area contributed by atoms with Crippen LogP contribution in [-0.4, -0.2) is 25.9 Å². The molecule has 0 bridgehead atoms. The molecule has 0 unspecified atom stereocenters. The van der Waals surface area contributed by atoms with Gasteiger partial charge in [-0.25, -0.2) is 13.1 Å². The number of fused-ring (bicyclic) bond motifs is 1. The van der Waals surface area contributed by atoms with E-state index in [0.717, 1.165) is 5.39 Å². The summed E-state index contributed by atoms with van der Waals surface area (Å²) in [6.07, 6.45) is 3.25. The minimum Gasteiger partial charge on any atom is -0.550 e. The Labute approximate surface area is 129 Å². The minimum absolute atomic E-state index is 0.00000711. The number of pyridine rings is 1. The third-order valence-electron chi connectivity index (χ3n) is 3.23. The molecule has 0 atom stereocenters. The van der Waals surface area contributed by atoms with Crippen LogP contribution in [0.1, 0.15) is 25.7 Å². The van der Waals surface area contributed by atoms with Crippen molar-refractivity contribution in [2.45, 2.75) is 30.6 Å². The topological polar surface area (TPSA) is 99.2 Å². The molecule has 2 rings (SSSR count). The SMILES string of the molecule is O=C([O-])CCCCCNS(=O)(=O)c1cccc2cccnc12. The Bertz CT molecular complexity index is 754. The molecule has 0 aliphatic rings. The highest BCUT2D eigenvalue weighted by atomic mass is 32.2. The number of aliphatic carboxylic acids is 1. The molecule has 0 saturated carbocycles. The molecule has 0 aliphatic carbocycles.